The first-order valence-corrected chi connectivity index (χ1v) is 10.4. The number of aromatic nitrogens is 3. The highest BCUT2D eigenvalue weighted by Gasteiger charge is 2.20. The Morgan fingerprint density at radius 1 is 0.714 bits per heavy atom. The van der Waals surface area contributed by atoms with Crippen molar-refractivity contribution in [2.75, 3.05) is 41.3 Å². The van der Waals surface area contributed by atoms with Crippen molar-refractivity contribution >= 4 is 59.1 Å². The Kier molecular flexibility index (Phi) is 7.43. The van der Waals surface area contributed by atoms with Gasteiger partial charge in [-0.2, -0.15) is 15.0 Å². The molecule has 2 aliphatic rings. The Morgan fingerprint density at radius 2 is 1.25 bits per heavy atom. The third-order valence-corrected chi connectivity index (χ3v) is 5.80. The van der Waals surface area contributed by atoms with Crippen molar-refractivity contribution in [2.24, 2.45) is 0 Å². The molecule has 1 aromatic heterocycles. The zero-order valence-electron chi connectivity index (χ0n) is 15.7. The van der Waals surface area contributed by atoms with Crippen LogP contribution in [0.25, 0.3) is 0 Å². The second-order valence-electron chi connectivity index (χ2n) is 7.11. The van der Waals surface area contributed by atoms with E-state index in [2.05, 4.69) is 25.1 Å². The Balaban J connectivity index is 0.00000225. The molecule has 6 nitrogen and oxygen atoms in total. The summed E-state index contributed by atoms with van der Waals surface area (Å²) in [5.41, 5.74) is 0.810. The molecule has 28 heavy (non-hydrogen) atoms. The number of anilines is 4. The molecule has 0 aliphatic carbocycles. The van der Waals surface area contributed by atoms with Crippen LogP contribution in [0.4, 0.5) is 23.5 Å². The fourth-order valence-corrected chi connectivity index (χ4v) is 3.88. The van der Waals surface area contributed by atoms with Crippen LogP contribution in [0.3, 0.4) is 0 Å². The molecule has 2 aliphatic heterocycles. The number of hydrogen-bond donors (Lipinski definition) is 1. The number of nitrogens with one attached hydrogen (secondary N) is 1. The number of rotatable bonds is 4. The molecule has 3 heterocycles. The monoisotopic (exact) mass is 442 g/mol. The van der Waals surface area contributed by atoms with Crippen LogP contribution in [0.1, 0.15) is 38.5 Å². The van der Waals surface area contributed by atoms with Gasteiger partial charge in [0.05, 0.1) is 10.0 Å². The number of piperidine rings is 2. The molecular formula is C19H25Cl3N6. The molecule has 1 aromatic carbocycles. The summed E-state index contributed by atoms with van der Waals surface area (Å²) >= 11 is 12.2. The standard InChI is InChI=1S/C19H24Cl2N6.ClH/c20-15-8-7-14(13-16(15)21)22-17-23-18(26-9-3-1-4-10-26)25-19(24-17)27-11-5-2-6-12-27;/h7-8,13H,1-6,9-12H2,(H,22,23,24,25);1H. The molecule has 9 heteroatoms. The van der Waals surface area contributed by atoms with E-state index in [0.29, 0.717) is 16.0 Å². The molecule has 0 amide bonds. The molecule has 0 unspecified atom stereocenters. The predicted molar refractivity (Wildman–Crippen MR) is 119 cm³/mol. The van der Waals surface area contributed by atoms with Crippen molar-refractivity contribution in [2.45, 2.75) is 38.5 Å². The Labute approximate surface area is 182 Å². The van der Waals surface area contributed by atoms with E-state index in [4.69, 9.17) is 28.2 Å². The highest BCUT2D eigenvalue weighted by molar-refractivity contribution is 6.42. The van der Waals surface area contributed by atoms with Gasteiger partial charge >= 0.3 is 0 Å². The fraction of sp³-hybridized carbons (Fsp3) is 0.526. The van der Waals surface area contributed by atoms with Crippen LogP contribution in [0.5, 0.6) is 0 Å². The van der Waals surface area contributed by atoms with Crippen LogP contribution >= 0.6 is 35.6 Å². The minimum absolute atomic E-state index is 0. The molecule has 4 rings (SSSR count). The molecule has 0 atom stereocenters. The lowest BCUT2D eigenvalue weighted by molar-refractivity contribution is 0.556. The maximum absolute atomic E-state index is 6.14. The van der Waals surface area contributed by atoms with Crippen LogP contribution in [0, 0.1) is 0 Å². The van der Waals surface area contributed by atoms with Gasteiger partial charge in [0.15, 0.2) is 0 Å². The van der Waals surface area contributed by atoms with Crippen molar-refractivity contribution in [1.29, 1.82) is 0 Å². The molecule has 152 valence electrons. The van der Waals surface area contributed by atoms with E-state index in [-0.39, 0.29) is 12.4 Å². The molecule has 0 saturated carbocycles. The largest absolute Gasteiger partial charge is 0.341 e. The van der Waals surface area contributed by atoms with Gasteiger partial charge < -0.3 is 15.1 Å². The first-order valence-electron chi connectivity index (χ1n) is 9.67. The van der Waals surface area contributed by atoms with Gasteiger partial charge in [-0.25, -0.2) is 0 Å². The molecule has 0 radical (unpaired) electrons. The number of halogens is 3. The fourth-order valence-electron chi connectivity index (χ4n) is 3.58. The highest BCUT2D eigenvalue weighted by atomic mass is 35.5. The average Bonchev–Trinajstić information content (AvgIpc) is 2.72. The van der Waals surface area contributed by atoms with Crippen LogP contribution in [0.2, 0.25) is 10.0 Å². The average molecular weight is 444 g/mol. The van der Waals surface area contributed by atoms with Crippen LogP contribution in [-0.4, -0.2) is 41.1 Å². The molecule has 0 spiro atoms. The predicted octanol–water partition coefficient (Wildman–Crippen LogP) is 5.32. The van der Waals surface area contributed by atoms with Gasteiger partial charge in [0.1, 0.15) is 0 Å². The maximum Gasteiger partial charge on any atom is 0.233 e. The van der Waals surface area contributed by atoms with Gasteiger partial charge in [-0.15, -0.1) is 12.4 Å². The van der Waals surface area contributed by atoms with E-state index in [1.807, 2.05) is 6.07 Å². The van der Waals surface area contributed by atoms with Crippen molar-refractivity contribution in [3.8, 4) is 0 Å². The summed E-state index contributed by atoms with van der Waals surface area (Å²) in [5, 5.41) is 4.30. The zero-order valence-corrected chi connectivity index (χ0v) is 18.0. The van der Waals surface area contributed by atoms with Gasteiger partial charge in [0.25, 0.3) is 0 Å². The minimum atomic E-state index is 0. The molecular weight excluding hydrogens is 419 g/mol. The third kappa shape index (κ3) is 5.10. The van der Waals surface area contributed by atoms with Crippen molar-refractivity contribution in [1.82, 2.24) is 15.0 Å². The second kappa shape index (κ2) is 9.81. The lowest BCUT2D eigenvalue weighted by Crippen LogP contribution is -2.34. The van der Waals surface area contributed by atoms with Crippen molar-refractivity contribution in [3.05, 3.63) is 28.2 Å². The van der Waals surface area contributed by atoms with Gasteiger partial charge in [-0.1, -0.05) is 23.2 Å². The number of benzene rings is 1. The zero-order chi connectivity index (χ0) is 18.6. The van der Waals surface area contributed by atoms with E-state index in [0.717, 1.165) is 43.8 Å². The Bertz CT molecular complexity index is 755. The summed E-state index contributed by atoms with van der Waals surface area (Å²) in [6.07, 6.45) is 7.27. The van der Waals surface area contributed by atoms with Gasteiger partial charge in [-0.3, -0.25) is 0 Å². The summed E-state index contributed by atoms with van der Waals surface area (Å²) in [6, 6.07) is 5.43. The summed E-state index contributed by atoms with van der Waals surface area (Å²) in [6.45, 7) is 3.98. The first kappa shape index (κ1) is 21.2. The summed E-state index contributed by atoms with van der Waals surface area (Å²) in [7, 11) is 0. The van der Waals surface area contributed by atoms with E-state index in [1.54, 1.807) is 12.1 Å². The lowest BCUT2D eigenvalue weighted by atomic mass is 10.1. The minimum Gasteiger partial charge on any atom is -0.341 e. The van der Waals surface area contributed by atoms with Gasteiger partial charge in [-0.05, 0) is 56.7 Å². The Morgan fingerprint density at radius 3 is 1.75 bits per heavy atom. The van der Waals surface area contributed by atoms with E-state index in [9.17, 15) is 0 Å². The quantitative estimate of drug-likeness (QED) is 0.689. The first-order chi connectivity index (χ1) is 13.2. The Hall–Kier alpha value is -1.50. The molecule has 2 fully saturated rings. The third-order valence-electron chi connectivity index (χ3n) is 5.07. The lowest BCUT2D eigenvalue weighted by Gasteiger charge is -2.30. The highest BCUT2D eigenvalue weighted by Crippen LogP contribution is 2.28. The normalized spacial score (nSPS) is 17.2. The summed E-state index contributed by atoms with van der Waals surface area (Å²) < 4.78 is 0. The molecule has 0 bridgehead atoms. The van der Waals surface area contributed by atoms with Gasteiger partial charge in [0, 0.05) is 31.9 Å². The SMILES string of the molecule is Cl.Clc1ccc(Nc2nc(N3CCCCC3)nc(N3CCCCC3)n2)cc1Cl. The van der Waals surface area contributed by atoms with E-state index in [1.165, 1.54) is 38.5 Å². The van der Waals surface area contributed by atoms with Crippen molar-refractivity contribution in [3.63, 3.8) is 0 Å². The second-order valence-corrected chi connectivity index (χ2v) is 7.92. The maximum atomic E-state index is 6.14. The molecule has 2 saturated heterocycles. The van der Waals surface area contributed by atoms with E-state index < -0.39 is 0 Å². The van der Waals surface area contributed by atoms with Crippen LogP contribution in [-0.2, 0) is 0 Å². The summed E-state index contributed by atoms with van der Waals surface area (Å²) in [4.78, 5) is 18.7. The van der Waals surface area contributed by atoms with E-state index >= 15 is 0 Å². The smallest absolute Gasteiger partial charge is 0.233 e. The number of hydrogen-bond acceptors (Lipinski definition) is 6. The molecule has 1 N–H and O–H groups in total. The van der Waals surface area contributed by atoms with Crippen molar-refractivity contribution < 1.29 is 0 Å². The number of nitrogens with zero attached hydrogens (tertiary/aromatic N) is 5. The topological polar surface area (TPSA) is 57.2 Å². The van der Waals surface area contributed by atoms with Crippen LogP contribution in [0.15, 0.2) is 18.2 Å². The molecule has 2 aromatic rings. The van der Waals surface area contributed by atoms with Crippen LogP contribution < -0.4 is 15.1 Å². The van der Waals surface area contributed by atoms with Gasteiger partial charge in [0.2, 0.25) is 17.8 Å². The summed E-state index contributed by atoms with van der Waals surface area (Å²) in [5.74, 6) is 2.06.